The van der Waals surface area contributed by atoms with Crippen molar-refractivity contribution in [3.05, 3.63) is 52.8 Å². The second kappa shape index (κ2) is 8.14. The van der Waals surface area contributed by atoms with Crippen molar-refractivity contribution in [2.75, 3.05) is 12.8 Å². The molecule has 0 unspecified atom stereocenters. The number of amides is 1. The van der Waals surface area contributed by atoms with E-state index >= 15 is 0 Å². The highest BCUT2D eigenvalue weighted by Gasteiger charge is 2.26. The molecule has 6 nitrogen and oxygen atoms in total. The molecular weight excluding hydrogens is 340 g/mol. The summed E-state index contributed by atoms with van der Waals surface area (Å²) in [5.41, 5.74) is 8.31. The number of rotatable bonds is 5. The Balaban J connectivity index is 2.52. The van der Waals surface area contributed by atoms with Crippen LogP contribution >= 0.6 is 0 Å². The number of carbonyl (C=O) groups is 1. The lowest BCUT2D eigenvalue weighted by Gasteiger charge is -2.21. The molecule has 0 atom stereocenters. The van der Waals surface area contributed by atoms with Gasteiger partial charge < -0.3 is 15.8 Å². The number of carbonyl (C=O) groups excluding carboxylic acids is 1. The summed E-state index contributed by atoms with van der Waals surface area (Å²) in [4.78, 5) is 21.0. The molecule has 0 aliphatic rings. The summed E-state index contributed by atoms with van der Waals surface area (Å²) in [5, 5.41) is 4.35. The Hall–Kier alpha value is -2.99. The molecule has 0 fully saturated rings. The lowest BCUT2D eigenvalue weighted by atomic mass is 10.1. The van der Waals surface area contributed by atoms with Crippen molar-refractivity contribution in [3.63, 3.8) is 0 Å². The van der Waals surface area contributed by atoms with Crippen LogP contribution < -0.4 is 21.5 Å². The molecule has 0 saturated carbocycles. The van der Waals surface area contributed by atoms with Gasteiger partial charge >= 0.3 is 0 Å². The SMILES string of the molecule is C=C(/C=c1/cc(-c2cnccc2C)nc(N)/c1=C/C)NC(=O)C(C)(C)OC. The minimum Gasteiger partial charge on any atom is -0.383 e. The number of pyridine rings is 2. The number of methoxy groups -OCH3 is 1. The highest BCUT2D eigenvalue weighted by Crippen LogP contribution is 2.18. The van der Waals surface area contributed by atoms with Crippen molar-refractivity contribution >= 4 is 23.9 Å². The standard InChI is InChI=1S/C21H26N4O2/c1-7-16-15(10-14(3)24-20(26)21(4,5)27-6)11-18(25-19(16)22)17-12-23-9-8-13(17)2/h7-12H,3H2,1-2,4-6H3,(H2,22,25)(H,24,26)/b15-10-,16-7+. The Bertz CT molecular complexity index is 994. The van der Waals surface area contributed by atoms with Gasteiger partial charge in [-0.15, -0.1) is 0 Å². The molecule has 142 valence electrons. The largest absolute Gasteiger partial charge is 0.383 e. The predicted octanol–water partition coefficient (Wildman–Crippen LogP) is 1.67. The van der Waals surface area contributed by atoms with E-state index in [1.807, 2.05) is 32.1 Å². The fourth-order valence-corrected chi connectivity index (χ4v) is 2.51. The highest BCUT2D eigenvalue weighted by atomic mass is 16.5. The Labute approximate surface area is 159 Å². The zero-order chi connectivity index (χ0) is 20.2. The maximum absolute atomic E-state index is 12.3. The number of nitrogens with zero attached hydrogens (tertiary/aromatic N) is 2. The van der Waals surface area contributed by atoms with E-state index < -0.39 is 5.60 Å². The van der Waals surface area contributed by atoms with Gasteiger partial charge in [0, 0.05) is 36.0 Å². The minimum atomic E-state index is -0.953. The van der Waals surface area contributed by atoms with Crippen LogP contribution in [0.25, 0.3) is 23.4 Å². The normalized spacial score (nSPS) is 12.9. The van der Waals surface area contributed by atoms with Gasteiger partial charge in [-0.25, -0.2) is 4.98 Å². The molecule has 27 heavy (non-hydrogen) atoms. The maximum Gasteiger partial charge on any atom is 0.256 e. The number of ether oxygens (including phenoxy) is 1. The van der Waals surface area contributed by atoms with Gasteiger partial charge in [-0.2, -0.15) is 0 Å². The highest BCUT2D eigenvalue weighted by molar-refractivity contribution is 5.87. The van der Waals surface area contributed by atoms with Gasteiger partial charge in [-0.05, 0) is 56.7 Å². The predicted molar refractivity (Wildman–Crippen MR) is 109 cm³/mol. The van der Waals surface area contributed by atoms with Gasteiger partial charge in [-0.3, -0.25) is 9.78 Å². The van der Waals surface area contributed by atoms with Gasteiger partial charge in [0.2, 0.25) is 0 Å². The molecule has 2 heterocycles. The fourth-order valence-electron chi connectivity index (χ4n) is 2.51. The lowest BCUT2D eigenvalue weighted by Crippen LogP contribution is -2.43. The first-order chi connectivity index (χ1) is 12.7. The molecular formula is C21H26N4O2. The number of nitrogen functional groups attached to an aromatic ring is 1. The molecule has 0 spiro atoms. The molecule has 0 bridgehead atoms. The van der Waals surface area contributed by atoms with E-state index in [9.17, 15) is 4.79 Å². The smallest absolute Gasteiger partial charge is 0.256 e. The third-order valence-electron chi connectivity index (χ3n) is 4.38. The average molecular weight is 366 g/mol. The van der Waals surface area contributed by atoms with Crippen molar-refractivity contribution < 1.29 is 9.53 Å². The first-order valence-electron chi connectivity index (χ1n) is 8.60. The Morgan fingerprint density at radius 3 is 2.70 bits per heavy atom. The van der Waals surface area contributed by atoms with Crippen LogP contribution in [0.3, 0.4) is 0 Å². The molecule has 0 aliphatic carbocycles. The van der Waals surface area contributed by atoms with E-state index in [1.54, 1.807) is 32.3 Å². The van der Waals surface area contributed by atoms with E-state index in [0.717, 1.165) is 21.6 Å². The maximum atomic E-state index is 12.3. The summed E-state index contributed by atoms with van der Waals surface area (Å²) in [5.74, 6) is 0.125. The zero-order valence-electron chi connectivity index (χ0n) is 16.5. The van der Waals surface area contributed by atoms with Crippen molar-refractivity contribution in [3.8, 4) is 11.3 Å². The lowest BCUT2D eigenvalue weighted by molar-refractivity contribution is -0.138. The molecule has 0 saturated heterocycles. The van der Waals surface area contributed by atoms with Gasteiger partial charge in [0.15, 0.2) is 0 Å². The van der Waals surface area contributed by atoms with Crippen LogP contribution in [0.2, 0.25) is 0 Å². The quantitative estimate of drug-likeness (QED) is 0.840. The van der Waals surface area contributed by atoms with E-state index in [4.69, 9.17) is 10.5 Å². The van der Waals surface area contributed by atoms with E-state index in [-0.39, 0.29) is 5.91 Å². The summed E-state index contributed by atoms with van der Waals surface area (Å²) in [6.45, 7) is 11.2. The first kappa shape index (κ1) is 20.3. The summed E-state index contributed by atoms with van der Waals surface area (Å²) in [7, 11) is 1.49. The van der Waals surface area contributed by atoms with Gasteiger partial charge in [0.25, 0.3) is 5.91 Å². The van der Waals surface area contributed by atoms with E-state index in [0.29, 0.717) is 17.2 Å². The summed E-state index contributed by atoms with van der Waals surface area (Å²) in [6, 6.07) is 3.83. The average Bonchev–Trinajstić information content (AvgIpc) is 2.61. The number of hydrogen-bond acceptors (Lipinski definition) is 5. The molecule has 2 aromatic heterocycles. The van der Waals surface area contributed by atoms with Crippen LogP contribution in [-0.2, 0) is 9.53 Å². The number of hydrogen-bond donors (Lipinski definition) is 2. The van der Waals surface area contributed by atoms with Crippen LogP contribution in [0.4, 0.5) is 5.82 Å². The molecule has 6 heteroatoms. The monoisotopic (exact) mass is 366 g/mol. The Morgan fingerprint density at radius 2 is 2.11 bits per heavy atom. The molecule has 0 aliphatic heterocycles. The molecule has 0 radical (unpaired) electrons. The van der Waals surface area contributed by atoms with Crippen molar-refractivity contribution in [2.24, 2.45) is 0 Å². The summed E-state index contributed by atoms with van der Waals surface area (Å²) >= 11 is 0. The summed E-state index contributed by atoms with van der Waals surface area (Å²) in [6.07, 6.45) is 7.14. The van der Waals surface area contributed by atoms with E-state index in [2.05, 4.69) is 21.9 Å². The number of anilines is 1. The van der Waals surface area contributed by atoms with Crippen molar-refractivity contribution in [1.29, 1.82) is 0 Å². The van der Waals surface area contributed by atoms with Crippen molar-refractivity contribution in [1.82, 2.24) is 15.3 Å². The molecule has 0 aromatic carbocycles. The van der Waals surface area contributed by atoms with Crippen LogP contribution in [-0.4, -0.2) is 28.6 Å². The third kappa shape index (κ3) is 4.60. The molecule has 2 rings (SSSR count). The Kier molecular flexibility index (Phi) is 6.13. The Morgan fingerprint density at radius 1 is 1.41 bits per heavy atom. The number of nitrogens with two attached hydrogens (primary N) is 1. The second-order valence-electron chi connectivity index (χ2n) is 6.71. The molecule has 3 N–H and O–H groups in total. The van der Waals surface area contributed by atoms with Gasteiger partial charge in [-0.1, -0.05) is 12.7 Å². The zero-order valence-corrected chi connectivity index (χ0v) is 16.5. The van der Waals surface area contributed by atoms with Crippen LogP contribution in [0.5, 0.6) is 0 Å². The topological polar surface area (TPSA) is 90.1 Å². The second-order valence-corrected chi connectivity index (χ2v) is 6.71. The third-order valence-corrected chi connectivity index (χ3v) is 4.38. The fraction of sp³-hybridized carbons (Fsp3) is 0.286. The van der Waals surface area contributed by atoms with Crippen LogP contribution in [0.15, 0.2) is 36.8 Å². The summed E-state index contributed by atoms with van der Waals surface area (Å²) < 4.78 is 5.19. The van der Waals surface area contributed by atoms with Gasteiger partial charge in [0.05, 0.1) is 5.69 Å². The van der Waals surface area contributed by atoms with E-state index in [1.165, 1.54) is 7.11 Å². The number of aromatic nitrogens is 2. The van der Waals surface area contributed by atoms with Crippen molar-refractivity contribution in [2.45, 2.75) is 33.3 Å². The van der Waals surface area contributed by atoms with Crippen LogP contribution in [0.1, 0.15) is 26.3 Å². The van der Waals surface area contributed by atoms with Crippen LogP contribution in [0, 0.1) is 6.92 Å². The molecule has 2 aromatic rings. The number of allylic oxidation sites excluding steroid dienone is 1. The molecule has 1 amide bonds. The van der Waals surface area contributed by atoms with Gasteiger partial charge in [0.1, 0.15) is 11.4 Å². The first-order valence-corrected chi connectivity index (χ1v) is 8.60. The minimum absolute atomic E-state index is 0.279. The number of nitrogens with one attached hydrogen (secondary N) is 1. The number of aryl methyl sites for hydroxylation is 1.